The first-order valence-electron chi connectivity index (χ1n) is 15.4. The van der Waals surface area contributed by atoms with Crippen molar-refractivity contribution < 1.29 is 67.1 Å². The van der Waals surface area contributed by atoms with Crippen LogP contribution in [0.1, 0.15) is 20.8 Å². The number of hydrogen-bond acceptors (Lipinski definition) is 14. The van der Waals surface area contributed by atoms with Gasteiger partial charge in [0.2, 0.25) is 0 Å². The number of carbonyl (C=O) groups is 1. The lowest BCUT2D eigenvalue weighted by Gasteiger charge is -2.27. The zero-order chi connectivity index (χ0) is 32.4. The second-order valence-electron chi connectivity index (χ2n) is 10.0. The fourth-order valence-electron chi connectivity index (χ4n) is 3.06. The predicted molar refractivity (Wildman–Crippen MR) is 160 cm³/mol. The number of amides is 1. The van der Waals surface area contributed by atoms with Crippen molar-refractivity contribution in [3.8, 4) is 0 Å². The van der Waals surface area contributed by atoms with Crippen molar-refractivity contribution in [3.63, 3.8) is 0 Å². The highest BCUT2D eigenvalue weighted by molar-refractivity contribution is 5.68. The maximum absolute atomic E-state index is 12.6. The molecule has 15 heteroatoms. The molecular formula is C29H59NO14. The van der Waals surface area contributed by atoms with E-state index < -0.39 is 11.7 Å². The monoisotopic (exact) mass is 645 g/mol. The van der Waals surface area contributed by atoms with Crippen molar-refractivity contribution in [2.45, 2.75) is 26.4 Å². The van der Waals surface area contributed by atoms with Crippen LogP contribution in [0.25, 0.3) is 0 Å². The van der Waals surface area contributed by atoms with Crippen molar-refractivity contribution >= 4 is 6.09 Å². The lowest BCUT2D eigenvalue weighted by atomic mass is 10.2. The minimum Gasteiger partial charge on any atom is -0.444 e. The zero-order valence-corrected chi connectivity index (χ0v) is 27.2. The predicted octanol–water partition coefficient (Wildman–Crippen LogP) is 0.374. The molecule has 0 aromatic heterocycles. The maximum Gasteiger partial charge on any atom is 0.410 e. The summed E-state index contributed by atoms with van der Waals surface area (Å²) in [5, 5.41) is 17.2. The first-order chi connectivity index (χ1) is 21.4. The summed E-state index contributed by atoms with van der Waals surface area (Å²) in [6, 6.07) is 0. The Bertz CT molecular complexity index is 561. The van der Waals surface area contributed by atoms with Crippen LogP contribution in [-0.4, -0.2) is 185 Å². The molecule has 0 aromatic rings. The Hall–Kier alpha value is -1.21. The van der Waals surface area contributed by atoms with E-state index in [0.717, 1.165) is 0 Å². The van der Waals surface area contributed by atoms with Crippen molar-refractivity contribution in [3.05, 3.63) is 0 Å². The Morgan fingerprint density at radius 1 is 0.432 bits per heavy atom. The third-order valence-electron chi connectivity index (χ3n) is 5.11. The summed E-state index contributed by atoms with van der Waals surface area (Å²) in [5.41, 5.74) is -0.607. The summed E-state index contributed by atoms with van der Waals surface area (Å²) in [5.74, 6) is 0. The summed E-state index contributed by atoms with van der Waals surface area (Å²) < 4.78 is 59.4. The smallest absolute Gasteiger partial charge is 0.410 e. The second-order valence-corrected chi connectivity index (χ2v) is 10.0. The maximum atomic E-state index is 12.6. The van der Waals surface area contributed by atoms with Crippen molar-refractivity contribution in [2.24, 2.45) is 0 Å². The molecule has 0 heterocycles. The largest absolute Gasteiger partial charge is 0.444 e. The third kappa shape index (κ3) is 33.7. The summed E-state index contributed by atoms with van der Waals surface area (Å²) in [4.78, 5) is 14.2. The highest BCUT2D eigenvalue weighted by atomic mass is 16.6. The number of rotatable bonds is 34. The average molecular weight is 646 g/mol. The molecule has 0 atom stereocenters. The molecule has 0 bridgehead atoms. The van der Waals surface area contributed by atoms with E-state index in [4.69, 9.17) is 62.3 Å². The Kier molecular flexibility index (Phi) is 32.2. The van der Waals surface area contributed by atoms with Crippen LogP contribution in [0.2, 0.25) is 0 Å². The van der Waals surface area contributed by atoms with Crippen LogP contribution in [0.4, 0.5) is 4.79 Å². The molecule has 1 amide bonds. The van der Waals surface area contributed by atoms with Gasteiger partial charge in [-0.25, -0.2) is 4.79 Å². The first-order valence-corrected chi connectivity index (χ1v) is 15.4. The Morgan fingerprint density at radius 2 is 0.659 bits per heavy atom. The molecule has 2 N–H and O–H groups in total. The van der Waals surface area contributed by atoms with E-state index in [-0.39, 0.29) is 13.2 Å². The SMILES string of the molecule is CC(C)(C)OC(=O)N(CCOCCOCCOCCOCCOCCO)CCOCCOCCOCCOCCOCCO. The highest BCUT2D eigenvalue weighted by Gasteiger charge is 2.21. The fraction of sp³-hybridized carbons (Fsp3) is 0.966. The number of aliphatic hydroxyl groups excluding tert-OH is 2. The minimum atomic E-state index is -0.607. The van der Waals surface area contributed by atoms with Crippen molar-refractivity contribution in [1.29, 1.82) is 0 Å². The van der Waals surface area contributed by atoms with Crippen LogP contribution in [0.5, 0.6) is 0 Å². The van der Waals surface area contributed by atoms with E-state index in [1.54, 1.807) is 4.90 Å². The molecule has 0 aromatic carbocycles. The molecule has 0 saturated carbocycles. The molecule has 0 aliphatic rings. The van der Waals surface area contributed by atoms with Crippen molar-refractivity contribution in [1.82, 2.24) is 4.90 Å². The molecule has 0 fully saturated rings. The van der Waals surface area contributed by atoms with Gasteiger partial charge < -0.3 is 67.2 Å². The molecule has 44 heavy (non-hydrogen) atoms. The molecule has 0 radical (unpaired) electrons. The molecule has 0 unspecified atom stereocenters. The van der Waals surface area contributed by atoms with E-state index in [0.29, 0.717) is 145 Å². The van der Waals surface area contributed by atoms with Gasteiger partial charge in [0.15, 0.2) is 0 Å². The number of ether oxygens (including phenoxy) is 11. The minimum absolute atomic E-state index is 0.00818. The molecule has 0 spiro atoms. The topological polar surface area (TPSA) is 162 Å². The van der Waals surface area contributed by atoms with E-state index in [1.165, 1.54) is 0 Å². The van der Waals surface area contributed by atoms with Crippen LogP contribution < -0.4 is 0 Å². The highest BCUT2D eigenvalue weighted by Crippen LogP contribution is 2.10. The summed E-state index contributed by atoms with van der Waals surface area (Å²) >= 11 is 0. The van der Waals surface area contributed by atoms with Crippen LogP contribution in [-0.2, 0) is 52.1 Å². The van der Waals surface area contributed by atoms with E-state index in [1.807, 2.05) is 20.8 Å². The molecule has 0 aliphatic heterocycles. The standard InChI is InChI=1S/C29H59NO14/c1-29(2,3)44-28(33)30(4-8-34-12-16-38-20-24-42-26-22-40-18-14-36-10-6-31)5-9-35-13-17-39-21-25-43-27-23-41-19-15-37-11-7-32/h31-32H,4-27H2,1-3H3. The molecular weight excluding hydrogens is 586 g/mol. The Labute approximate surface area is 263 Å². The van der Waals surface area contributed by atoms with Crippen molar-refractivity contribution in [2.75, 3.05) is 158 Å². The fourth-order valence-corrected chi connectivity index (χ4v) is 3.06. The van der Waals surface area contributed by atoms with Gasteiger partial charge in [-0.1, -0.05) is 0 Å². The third-order valence-corrected chi connectivity index (χ3v) is 5.11. The van der Waals surface area contributed by atoms with Gasteiger partial charge >= 0.3 is 6.09 Å². The lowest BCUT2D eigenvalue weighted by Crippen LogP contribution is -2.40. The Morgan fingerprint density at radius 3 is 0.886 bits per heavy atom. The number of aliphatic hydroxyl groups is 2. The number of hydrogen-bond donors (Lipinski definition) is 2. The molecule has 264 valence electrons. The van der Waals surface area contributed by atoms with Crippen LogP contribution in [0.3, 0.4) is 0 Å². The van der Waals surface area contributed by atoms with Gasteiger partial charge in [0.25, 0.3) is 0 Å². The van der Waals surface area contributed by atoms with Gasteiger partial charge in [0.05, 0.1) is 145 Å². The lowest BCUT2D eigenvalue weighted by molar-refractivity contribution is -0.0198. The quantitative estimate of drug-likeness (QED) is 0.0924. The molecule has 0 saturated heterocycles. The van der Waals surface area contributed by atoms with Gasteiger partial charge in [-0.15, -0.1) is 0 Å². The summed E-state index contributed by atoms with van der Waals surface area (Å²) in [6.07, 6.45) is -0.421. The summed E-state index contributed by atoms with van der Waals surface area (Å²) in [6.45, 7) is 14.6. The van der Waals surface area contributed by atoms with Gasteiger partial charge in [0, 0.05) is 13.1 Å². The van der Waals surface area contributed by atoms with Gasteiger partial charge in [0.1, 0.15) is 5.60 Å². The van der Waals surface area contributed by atoms with E-state index >= 15 is 0 Å². The first kappa shape index (κ1) is 42.8. The molecule has 15 nitrogen and oxygen atoms in total. The van der Waals surface area contributed by atoms with Gasteiger partial charge in [-0.2, -0.15) is 0 Å². The normalized spacial score (nSPS) is 11.8. The van der Waals surface area contributed by atoms with Gasteiger partial charge in [-0.05, 0) is 20.8 Å². The zero-order valence-electron chi connectivity index (χ0n) is 27.2. The molecule has 0 aliphatic carbocycles. The van der Waals surface area contributed by atoms with Crippen LogP contribution >= 0.6 is 0 Å². The van der Waals surface area contributed by atoms with Crippen LogP contribution in [0, 0.1) is 0 Å². The molecule has 0 rings (SSSR count). The summed E-state index contributed by atoms with van der Waals surface area (Å²) in [7, 11) is 0. The number of nitrogens with zero attached hydrogens (tertiary/aromatic N) is 1. The Balaban J connectivity index is 3.77. The average Bonchev–Trinajstić information content (AvgIpc) is 2.98. The van der Waals surface area contributed by atoms with E-state index in [9.17, 15) is 4.79 Å². The number of carbonyl (C=O) groups excluding carboxylic acids is 1. The second kappa shape index (κ2) is 33.2. The van der Waals surface area contributed by atoms with E-state index in [2.05, 4.69) is 0 Å². The van der Waals surface area contributed by atoms with Crippen LogP contribution in [0.15, 0.2) is 0 Å². The van der Waals surface area contributed by atoms with Gasteiger partial charge in [-0.3, -0.25) is 0 Å².